The fourth-order valence-corrected chi connectivity index (χ4v) is 3.03. The summed E-state index contributed by atoms with van der Waals surface area (Å²) in [5, 5.41) is 1.02. The van der Waals surface area contributed by atoms with Crippen molar-refractivity contribution < 1.29 is 4.79 Å². The second kappa shape index (κ2) is 5.17. The first-order valence-electron chi connectivity index (χ1n) is 6.36. The largest absolute Gasteiger partial charge is 0.348 e. The van der Waals surface area contributed by atoms with Gasteiger partial charge in [0.15, 0.2) is 11.4 Å². The zero-order valence-electron chi connectivity index (χ0n) is 10.8. The summed E-state index contributed by atoms with van der Waals surface area (Å²) in [5.74, 6) is 1.17. The molecule has 1 aromatic heterocycles. The predicted octanol–water partition coefficient (Wildman–Crippen LogP) is 3.32. The van der Waals surface area contributed by atoms with Crippen molar-refractivity contribution in [3.63, 3.8) is 0 Å². The molecule has 1 aliphatic rings. The van der Waals surface area contributed by atoms with Gasteiger partial charge in [0.25, 0.3) is 0 Å². The molecule has 1 aromatic rings. The van der Waals surface area contributed by atoms with Crippen LogP contribution in [-0.4, -0.2) is 24.4 Å². The van der Waals surface area contributed by atoms with Crippen LogP contribution in [0, 0.1) is 5.92 Å². The molecular formula is C13H20N2OS. The van der Waals surface area contributed by atoms with Crippen molar-refractivity contribution in [3.8, 4) is 0 Å². The lowest BCUT2D eigenvalue weighted by Gasteiger charge is -2.19. The molecule has 0 bridgehead atoms. The molecule has 0 amide bonds. The average molecular weight is 252 g/mol. The normalized spacial score (nSPS) is 15.3. The van der Waals surface area contributed by atoms with Gasteiger partial charge in [-0.2, -0.15) is 0 Å². The van der Waals surface area contributed by atoms with Gasteiger partial charge in [0.05, 0.1) is 10.6 Å². The summed E-state index contributed by atoms with van der Waals surface area (Å²) in [4.78, 5) is 18.8. The average Bonchev–Trinajstić information content (AvgIpc) is 3.02. The van der Waals surface area contributed by atoms with E-state index in [4.69, 9.17) is 0 Å². The number of aromatic nitrogens is 1. The van der Waals surface area contributed by atoms with Gasteiger partial charge in [-0.1, -0.05) is 25.2 Å². The van der Waals surface area contributed by atoms with Gasteiger partial charge in [-0.05, 0) is 31.6 Å². The predicted molar refractivity (Wildman–Crippen MR) is 72.2 cm³/mol. The van der Waals surface area contributed by atoms with E-state index in [0.717, 1.165) is 41.0 Å². The lowest BCUT2D eigenvalue weighted by molar-refractivity contribution is 0.112. The molecule has 94 valence electrons. The van der Waals surface area contributed by atoms with Crippen LogP contribution in [0.15, 0.2) is 0 Å². The van der Waals surface area contributed by atoms with Crippen LogP contribution >= 0.6 is 11.3 Å². The Bertz CT molecular complexity index is 396. The van der Waals surface area contributed by atoms with Crippen molar-refractivity contribution in [2.75, 3.05) is 18.0 Å². The molecule has 1 fully saturated rings. The lowest BCUT2D eigenvalue weighted by atomic mass is 10.1. The molecule has 2 rings (SSSR count). The van der Waals surface area contributed by atoms with Crippen molar-refractivity contribution in [2.24, 2.45) is 5.92 Å². The Balaban J connectivity index is 2.20. The number of aldehydes is 1. The molecule has 3 nitrogen and oxygen atoms in total. The van der Waals surface area contributed by atoms with E-state index in [1.54, 1.807) is 0 Å². The zero-order valence-corrected chi connectivity index (χ0v) is 11.6. The molecule has 1 saturated carbocycles. The lowest BCUT2D eigenvalue weighted by Crippen LogP contribution is -2.25. The Labute approximate surface area is 107 Å². The Morgan fingerprint density at radius 2 is 2.24 bits per heavy atom. The molecule has 0 saturated heterocycles. The molecule has 0 spiro atoms. The van der Waals surface area contributed by atoms with Crippen LogP contribution < -0.4 is 4.90 Å². The maximum atomic E-state index is 11.0. The first-order valence-corrected chi connectivity index (χ1v) is 7.18. The van der Waals surface area contributed by atoms with Crippen molar-refractivity contribution in [1.29, 1.82) is 0 Å². The molecule has 0 aliphatic heterocycles. The van der Waals surface area contributed by atoms with Crippen LogP contribution in [0.2, 0.25) is 0 Å². The third-order valence-electron chi connectivity index (χ3n) is 3.15. The number of anilines is 1. The van der Waals surface area contributed by atoms with Crippen LogP contribution in [0.3, 0.4) is 0 Å². The number of hydrogen-bond donors (Lipinski definition) is 0. The number of thiazole rings is 1. The third kappa shape index (κ3) is 2.86. The molecule has 17 heavy (non-hydrogen) atoms. The molecule has 0 radical (unpaired) electrons. The number of carbonyl (C=O) groups excluding carboxylic acids is 1. The molecule has 0 unspecified atom stereocenters. The van der Waals surface area contributed by atoms with E-state index in [9.17, 15) is 4.79 Å². The molecular weight excluding hydrogens is 232 g/mol. The highest BCUT2D eigenvalue weighted by Gasteiger charge is 2.26. The van der Waals surface area contributed by atoms with Crippen molar-refractivity contribution in [3.05, 3.63) is 10.6 Å². The van der Waals surface area contributed by atoms with E-state index >= 15 is 0 Å². The fraction of sp³-hybridized carbons (Fsp3) is 0.692. The standard InChI is InChI=1S/C13H20N2OS/c1-4-15(7-10-5-6-10)13-14-12(9(2)3)11(8-16)17-13/h8-10H,4-7H2,1-3H3. The van der Waals surface area contributed by atoms with E-state index in [1.165, 1.54) is 24.2 Å². The number of nitrogens with zero attached hydrogens (tertiary/aromatic N) is 2. The molecule has 0 N–H and O–H groups in total. The Kier molecular flexibility index (Phi) is 3.82. The van der Waals surface area contributed by atoms with E-state index in [-0.39, 0.29) is 0 Å². The van der Waals surface area contributed by atoms with Gasteiger partial charge in [0, 0.05) is 13.1 Å². The highest BCUT2D eigenvalue weighted by Crippen LogP contribution is 2.34. The Morgan fingerprint density at radius 1 is 1.53 bits per heavy atom. The van der Waals surface area contributed by atoms with Gasteiger partial charge in [-0.25, -0.2) is 4.98 Å². The summed E-state index contributed by atoms with van der Waals surface area (Å²) in [7, 11) is 0. The fourth-order valence-electron chi connectivity index (χ4n) is 1.92. The zero-order chi connectivity index (χ0) is 12.4. The Morgan fingerprint density at radius 3 is 2.65 bits per heavy atom. The van der Waals surface area contributed by atoms with E-state index < -0.39 is 0 Å². The summed E-state index contributed by atoms with van der Waals surface area (Å²) in [6.07, 6.45) is 3.64. The molecule has 0 atom stereocenters. The number of carbonyl (C=O) groups is 1. The van der Waals surface area contributed by atoms with E-state index in [0.29, 0.717) is 5.92 Å². The van der Waals surface area contributed by atoms with Crippen LogP contribution in [0.25, 0.3) is 0 Å². The van der Waals surface area contributed by atoms with Crippen LogP contribution in [0.5, 0.6) is 0 Å². The highest BCUT2D eigenvalue weighted by atomic mass is 32.1. The van der Waals surface area contributed by atoms with Crippen molar-refractivity contribution in [2.45, 2.75) is 39.5 Å². The molecule has 0 aromatic carbocycles. The van der Waals surface area contributed by atoms with E-state index in [1.807, 2.05) is 0 Å². The summed E-state index contributed by atoms with van der Waals surface area (Å²) < 4.78 is 0. The molecule has 1 heterocycles. The minimum absolute atomic E-state index is 0.319. The summed E-state index contributed by atoms with van der Waals surface area (Å²) in [5.41, 5.74) is 0.953. The maximum Gasteiger partial charge on any atom is 0.186 e. The molecule has 4 heteroatoms. The van der Waals surface area contributed by atoms with Crippen molar-refractivity contribution in [1.82, 2.24) is 4.98 Å². The second-order valence-corrected chi connectivity index (χ2v) is 6.01. The van der Waals surface area contributed by atoms with Gasteiger partial charge in [-0.15, -0.1) is 0 Å². The van der Waals surface area contributed by atoms with Gasteiger partial charge >= 0.3 is 0 Å². The van der Waals surface area contributed by atoms with Gasteiger partial charge in [0.2, 0.25) is 0 Å². The van der Waals surface area contributed by atoms with Gasteiger partial charge < -0.3 is 4.90 Å². The first kappa shape index (κ1) is 12.6. The number of rotatable bonds is 6. The third-order valence-corrected chi connectivity index (χ3v) is 4.21. The summed E-state index contributed by atoms with van der Waals surface area (Å²) in [6, 6.07) is 0. The van der Waals surface area contributed by atoms with Crippen LogP contribution in [0.4, 0.5) is 5.13 Å². The van der Waals surface area contributed by atoms with Crippen LogP contribution in [0.1, 0.15) is 54.9 Å². The minimum atomic E-state index is 0.319. The minimum Gasteiger partial charge on any atom is -0.348 e. The quantitative estimate of drug-likeness (QED) is 0.728. The first-order chi connectivity index (χ1) is 8.15. The Hall–Kier alpha value is -0.900. The number of hydrogen-bond acceptors (Lipinski definition) is 4. The highest BCUT2D eigenvalue weighted by molar-refractivity contribution is 7.17. The van der Waals surface area contributed by atoms with Crippen molar-refractivity contribution >= 4 is 22.8 Å². The maximum absolute atomic E-state index is 11.0. The monoisotopic (exact) mass is 252 g/mol. The topological polar surface area (TPSA) is 33.2 Å². The molecule has 1 aliphatic carbocycles. The van der Waals surface area contributed by atoms with E-state index in [2.05, 4.69) is 30.7 Å². The second-order valence-electron chi connectivity index (χ2n) is 5.00. The summed E-state index contributed by atoms with van der Waals surface area (Å²) in [6.45, 7) is 8.39. The smallest absolute Gasteiger partial charge is 0.186 e. The SMILES string of the molecule is CCN(CC1CC1)c1nc(C(C)C)c(C=O)s1. The van der Waals surface area contributed by atoms with Crippen LogP contribution in [-0.2, 0) is 0 Å². The van der Waals surface area contributed by atoms with Gasteiger partial charge in [-0.3, -0.25) is 4.79 Å². The van der Waals surface area contributed by atoms with Gasteiger partial charge in [0.1, 0.15) is 0 Å². The summed E-state index contributed by atoms with van der Waals surface area (Å²) >= 11 is 1.54.